The van der Waals surface area contributed by atoms with Crippen molar-refractivity contribution in [3.05, 3.63) is 0 Å². The zero-order valence-corrected chi connectivity index (χ0v) is 8.27. The van der Waals surface area contributed by atoms with Crippen LogP contribution in [0.25, 0.3) is 0 Å². The van der Waals surface area contributed by atoms with Gasteiger partial charge in [0.2, 0.25) is 0 Å². The fourth-order valence-corrected chi connectivity index (χ4v) is 2.26. The molecule has 0 aromatic rings. The standard InChI is InChI=1S/C11H22/c1-9(2)11-7-5-4-6-10(3)8-11/h9-11H,4-8H2,1-3H3. The molecule has 0 radical (unpaired) electrons. The van der Waals surface area contributed by atoms with E-state index >= 15 is 0 Å². The lowest BCUT2D eigenvalue weighted by Gasteiger charge is -2.20. The first-order chi connectivity index (χ1) is 5.20. The second-order valence-corrected chi connectivity index (χ2v) is 4.63. The van der Waals surface area contributed by atoms with E-state index in [1.807, 2.05) is 0 Å². The third-order valence-electron chi connectivity index (χ3n) is 3.17. The minimum atomic E-state index is 0.913. The van der Waals surface area contributed by atoms with Crippen molar-refractivity contribution in [1.29, 1.82) is 0 Å². The summed E-state index contributed by atoms with van der Waals surface area (Å²) >= 11 is 0. The second kappa shape index (κ2) is 4.13. The van der Waals surface area contributed by atoms with Crippen LogP contribution in [0, 0.1) is 17.8 Å². The summed E-state index contributed by atoms with van der Waals surface area (Å²) in [6.07, 6.45) is 7.40. The van der Waals surface area contributed by atoms with Crippen LogP contribution < -0.4 is 0 Å². The molecular weight excluding hydrogens is 132 g/mol. The van der Waals surface area contributed by atoms with Gasteiger partial charge in [-0.15, -0.1) is 0 Å². The maximum atomic E-state index is 2.42. The molecule has 0 spiro atoms. The monoisotopic (exact) mass is 154 g/mol. The highest BCUT2D eigenvalue weighted by Crippen LogP contribution is 2.31. The van der Waals surface area contributed by atoms with Crippen molar-refractivity contribution >= 4 is 0 Å². The molecule has 1 fully saturated rings. The molecule has 1 aliphatic rings. The highest BCUT2D eigenvalue weighted by Gasteiger charge is 2.19. The van der Waals surface area contributed by atoms with Gasteiger partial charge in [-0.05, 0) is 24.2 Å². The van der Waals surface area contributed by atoms with Gasteiger partial charge in [-0.1, -0.05) is 46.5 Å². The van der Waals surface area contributed by atoms with Crippen LogP contribution >= 0.6 is 0 Å². The van der Waals surface area contributed by atoms with E-state index in [4.69, 9.17) is 0 Å². The van der Waals surface area contributed by atoms with Crippen LogP contribution in [-0.2, 0) is 0 Å². The lowest BCUT2D eigenvalue weighted by Crippen LogP contribution is -2.10. The normalized spacial score (nSPS) is 33.8. The van der Waals surface area contributed by atoms with E-state index in [0.717, 1.165) is 17.8 Å². The molecule has 0 amide bonds. The predicted octanol–water partition coefficient (Wildman–Crippen LogP) is 3.86. The smallest absolute Gasteiger partial charge is 0.0389 e. The van der Waals surface area contributed by atoms with Gasteiger partial charge >= 0.3 is 0 Å². The van der Waals surface area contributed by atoms with Gasteiger partial charge in [0.25, 0.3) is 0 Å². The maximum Gasteiger partial charge on any atom is -0.0389 e. The Kier molecular flexibility index (Phi) is 3.42. The molecule has 0 nitrogen and oxygen atoms in total. The van der Waals surface area contributed by atoms with E-state index in [1.165, 1.54) is 32.1 Å². The molecule has 2 atom stereocenters. The van der Waals surface area contributed by atoms with Gasteiger partial charge in [-0.25, -0.2) is 0 Å². The SMILES string of the molecule is CC1CCCCC(C(C)C)C1. The largest absolute Gasteiger partial charge is 0.0625 e. The first-order valence-electron chi connectivity index (χ1n) is 5.20. The third kappa shape index (κ3) is 2.84. The van der Waals surface area contributed by atoms with Gasteiger partial charge < -0.3 is 0 Å². The Labute approximate surface area is 71.4 Å². The molecule has 2 unspecified atom stereocenters. The summed E-state index contributed by atoms with van der Waals surface area (Å²) in [7, 11) is 0. The maximum absolute atomic E-state index is 2.42. The van der Waals surface area contributed by atoms with Gasteiger partial charge in [0.1, 0.15) is 0 Å². The van der Waals surface area contributed by atoms with Crippen LogP contribution in [0.4, 0.5) is 0 Å². The number of hydrogen-bond acceptors (Lipinski definition) is 0. The summed E-state index contributed by atoms with van der Waals surface area (Å²) in [5.41, 5.74) is 0. The quantitative estimate of drug-likeness (QED) is 0.503. The van der Waals surface area contributed by atoms with Crippen LogP contribution in [0.2, 0.25) is 0 Å². The van der Waals surface area contributed by atoms with E-state index < -0.39 is 0 Å². The Hall–Kier alpha value is 0. The Morgan fingerprint density at radius 3 is 2.36 bits per heavy atom. The molecule has 0 aliphatic heterocycles. The fourth-order valence-electron chi connectivity index (χ4n) is 2.26. The molecule has 0 heterocycles. The molecule has 0 aromatic heterocycles. The Morgan fingerprint density at radius 1 is 1.09 bits per heavy atom. The van der Waals surface area contributed by atoms with Crippen molar-refractivity contribution in [3.8, 4) is 0 Å². The lowest BCUT2D eigenvalue weighted by atomic mass is 9.86. The predicted molar refractivity (Wildman–Crippen MR) is 50.6 cm³/mol. The first kappa shape index (κ1) is 9.09. The summed E-state index contributed by atoms with van der Waals surface area (Å²) in [6, 6.07) is 0. The van der Waals surface area contributed by atoms with Crippen LogP contribution in [-0.4, -0.2) is 0 Å². The van der Waals surface area contributed by atoms with Crippen molar-refractivity contribution in [2.45, 2.75) is 52.9 Å². The summed E-state index contributed by atoms with van der Waals surface area (Å²) in [5, 5.41) is 0. The van der Waals surface area contributed by atoms with Crippen molar-refractivity contribution in [2.75, 3.05) is 0 Å². The van der Waals surface area contributed by atoms with E-state index in [2.05, 4.69) is 20.8 Å². The van der Waals surface area contributed by atoms with E-state index in [-0.39, 0.29) is 0 Å². The minimum absolute atomic E-state index is 0.913. The lowest BCUT2D eigenvalue weighted by molar-refractivity contribution is 0.308. The fraction of sp³-hybridized carbons (Fsp3) is 1.00. The zero-order valence-electron chi connectivity index (χ0n) is 8.27. The zero-order chi connectivity index (χ0) is 8.27. The molecule has 11 heavy (non-hydrogen) atoms. The average Bonchev–Trinajstić information content (AvgIpc) is 2.13. The molecule has 0 aromatic carbocycles. The van der Waals surface area contributed by atoms with Crippen molar-refractivity contribution in [3.63, 3.8) is 0 Å². The van der Waals surface area contributed by atoms with E-state index in [0.29, 0.717) is 0 Å². The molecule has 0 heteroatoms. The highest BCUT2D eigenvalue weighted by atomic mass is 14.2. The van der Waals surface area contributed by atoms with Gasteiger partial charge in [0.15, 0.2) is 0 Å². The first-order valence-corrected chi connectivity index (χ1v) is 5.20. The number of hydrogen-bond donors (Lipinski definition) is 0. The molecule has 0 N–H and O–H groups in total. The van der Waals surface area contributed by atoms with Crippen molar-refractivity contribution in [2.24, 2.45) is 17.8 Å². The molecule has 1 saturated carbocycles. The van der Waals surface area contributed by atoms with Crippen molar-refractivity contribution < 1.29 is 0 Å². The van der Waals surface area contributed by atoms with Crippen LogP contribution in [0.1, 0.15) is 52.9 Å². The average molecular weight is 154 g/mol. The van der Waals surface area contributed by atoms with Crippen LogP contribution in [0.5, 0.6) is 0 Å². The summed E-state index contributed by atoms with van der Waals surface area (Å²) in [5.74, 6) is 2.92. The Bertz CT molecular complexity index is 105. The molecule has 66 valence electrons. The highest BCUT2D eigenvalue weighted by molar-refractivity contribution is 4.70. The molecular formula is C11H22. The summed E-state index contributed by atoms with van der Waals surface area (Å²) in [4.78, 5) is 0. The van der Waals surface area contributed by atoms with Gasteiger partial charge in [0, 0.05) is 0 Å². The van der Waals surface area contributed by atoms with E-state index in [9.17, 15) is 0 Å². The van der Waals surface area contributed by atoms with Gasteiger partial charge in [-0.2, -0.15) is 0 Å². The minimum Gasteiger partial charge on any atom is -0.0625 e. The molecule has 1 rings (SSSR count). The third-order valence-corrected chi connectivity index (χ3v) is 3.17. The second-order valence-electron chi connectivity index (χ2n) is 4.63. The van der Waals surface area contributed by atoms with Gasteiger partial charge in [-0.3, -0.25) is 0 Å². The summed E-state index contributed by atoms with van der Waals surface area (Å²) < 4.78 is 0. The topological polar surface area (TPSA) is 0 Å². The summed E-state index contributed by atoms with van der Waals surface area (Å²) in [6.45, 7) is 7.17. The van der Waals surface area contributed by atoms with Crippen molar-refractivity contribution in [1.82, 2.24) is 0 Å². The van der Waals surface area contributed by atoms with Crippen LogP contribution in [0.15, 0.2) is 0 Å². The van der Waals surface area contributed by atoms with Crippen LogP contribution in [0.3, 0.4) is 0 Å². The molecule has 1 aliphatic carbocycles. The molecule has 0 bridgehead atoms. The van der Waals surface area contributed by atoms with E-state index in [1.54, 1.807) is 0 Å². The molecule has 0 saturated heterocycles. The Balaban J connectivity index is 2.39. The number of rotatable bonds is 1. The Morgan fingerprint density at radius 2 is 1.73 bits per heavy atom. The van der Waals surface area contributed by atoms with Gasteiger partial charge in [0.05, 0.1) is 0 Å².